The van der Waals surface area contributed by atoms with E-state index in [2.05, 4.69) is 10.3 Å². The van der Waals surface area contributed by atoms with Gasteiger partial charge in [0.2, 0.25) is 0 Å². The summed E-state index contributed by atoms with van der Waals surface area (Å²) in [6, 6.07) is 13.2. The molecule has 0 fully saturated rings. The van der Waals surface area contributed by atoms with Gasteiger partial charge in [0.1, 0.15) is 5.75 Å². The molecular weight excluding hydrogens is 240 g/mol. The molecule has 0 aliphatic carbocycles. The highest BCUT2D eigenvalue weighted by Gasteiger charge is 2.01. The molecule has 1 N–H and O–H groups in total. The smallest absolute Gasteiger partial charge is 0.257 e. The van der Waals surface area contributed by atoms with Crippen molar-refractivity contribution in [1.29, 1.82) is 0 Å². The number of hydrogen-bond donors (Lipinski definition) is 1. The molecule has 0 unspecified atom stereocenters. The molecule has 98 valence electrons. The molecule has 1 heterocycles. The molecule has 2 aromatic rings. The highest BCUT2D eigenvalue weighted by Crippen LogP contribution is 2.07. The SMILES string of the molecule is O=C(COc1ccccc1)NCCc1ccncc1. The van der Waals surface area contributed by atoms with Crippen molar-refractivity contribution in [1.82, 2.24) is 10.3 Å². The van der Waals surface area contributed by atoms with Gasteiger partial charge in [0.15, 0.2) is 6.61 Å². The summed E-state index contributed by atoms with van der Waals surface area (Å²) in [7, 11) is 0. The first-order valence-electron chi connectivity index (χ1n) is 6.18. The Hall–Kier alpha value is -2.36. The van der Waals surface area contributed by atoms with Gasteiger partial charge in [0.25, 0.3) is 5.91 Å². The van der Waals surface area contributed by atoms with Crippen LogP contribution in [0.5, 0.6) is 5.75 Å². The molecule has 0 radical (unpaired) electrons. The van der Waals surface area contributed by atoms with Crippen molar-refractivity contribution in [2.24, 2.45) is 0 Å². The zero-order valence-electron chi connectivity index (χ0n) is 10.6. The number of nitrogens with zero attached hydrogens (tertiary/aromatic N) is 1. The quantitative estimate of drug-likeness (QED) is 0.857. The van der Waals surface area contributed by atoms with Gasteiger partial charge in [0.05, 0.1) is 0 Å². The summed E-state index contributed by atoms with van der Waals surface area (Å²) in [6.07, 6.45) is 4.28. The minimum Gasteiger partial charge on any atom is -0.484 e. The van der Waals surface area contributed by atoms with Crippen molar-refractivity contribution >= 4 is 5.91 Å². The van der Waals surface area contributed by atoms with Gasteiger partial charge in [-0.3, -0.25) is 9.78 Å². The van der Waals surface area contributed by atoms with E-state index in [0.717, 1.165) is 12.0 Å². The number of carbonyl (C=O) groups excluding carboxylic acids is 1. The number of amides is 1. The van der Waals surface area contributed by atoms with Gasteiger partial charge in [-0.15, -0.1) is 0 Å². The monoisotopic (exact) mass is 256 g/mol. The average molecular weight is 256 g/mol. The Balaban J connectivity index is 1.65. The molecule has 0 atom stereocenters. The molecule has 0 aliphatic heterocycles. The van der Waals surface area contributed by atoms with E-state index in [9.17, 15) is 4.79 Å². The fraction of sp³-hybridized carbons (Fsp3) is 0.200. The molecular formula is C15H16N2O2. The first kappa shape index (κ1) is 13.1. The Labute approximate surface area is 112 Å². The van der Waals surface area contributed by atoms with E-state index in [-0.39, 0.29) is 12.5 Å². The molecule has 19 heavy (non-hydrogen) atoms. The number of carbonyl (C=O) groups is 1. The summed E-state index contributed by atoms with van der Waals surface area (Å²) in [4.78, 5) is 15.5. The first-order valence-corrected chi connectivity index (χ1v) is 6.18. The molecule has 4 nitrogen and oxygen atoms in total. The maximum atomic E-state index is 11.6. The summed E-state index contributed by atoms with van der Waals surface area (Å²) in [5.41, 5.74) is 1.15. The highest BCUT2D eigenvalue weighted by atomic mass is 16.5. The third-order valence-corrected chi connectivity index (χ3v) is 2.60. The van der Waals surface area contributed by atoms with Crippen molar-refractivity contribution in [2.45, 2.75) is 6.42 Å². The van der Waals surface area contributed by atoms with Gasteiger partial charge in [-0.25, -0.2) is 0 Å². The number of ether oxygens (including phenoxy) is 1. The van der Waals surface area contributed by atoms with Crippen molar-refractivity contribution in [3.8, 4) is 5.75 Å². The van der Waals surface area contributed by atoms with Gasteiger partial charge < -0.3 is 10.1 Å². The Morgan fingerprint density at radius 2 is 1.84 bits per heavy atom. The minimum atomic E-state index is -0.113. The van der Waals surface area contributed by atoms with E-state index >= 15 is 0 Å². The summed E-state index contributed by atoms with van der Waals surface area (Å²) in [5, 5.41) is 2.82. The number of aromatic nitrogens is 1. The van der Waals surface area contributed by atoms with Crippen LogP contribution < -0.4 is 10.1 Å². The number of rotatable bonds is 6. The Morgan fingerprint density at radius 1 is 1.11 bits per heavy atom. The number of para-hydroxylation sites is 1. The Kier molecular flexibility index (Phi) is 4.93. The van der Waals surface area contributed by atoms with E-state index < -0.39 is 0 Å². The second-order valence-electron chi connectivity index (χ2n) is 4.06. The predicted molar refractivity (Wildman–Crippen MR) is 72.9 cm³/mol. The molecule has 0 aliphatic rings. The number of pyridine rings is 1. The summed E-state index contributed by atoms with van der Waals surface area (Å²) in [6.45, 7) is 0.640. The lowest BCUT2D eigenvalue weighted by Gasteiger charge is -2.07. The zero-order valence-corrected chi connectivity index (χ0v) is 10.6. The van der Waals surface area contributed by atoms with Crippen LogP contribution in [-0.4, -0.2) is 24.0 Å². The number of nitrogens with one attached hydrogen (secondary N) is 1. The van der Waals surface area contributed by atoms with Crippen LogP contribution in [0.2, 0.25) is 0 Å². The average Bonchev–Trinajstić information content (AvgIpc) is 2.47. The van der Waals surface area contributed by atoms with Crippen molar-refractivity contribution in [2.75, 3.05) is 13.2 Å². The third-order valence-electron chi connectivity index (χ3n) is 2.60. The predicted octanol–water partition coefficient (Wildman–Crippen LogP) is 1.82. The topological polar surface area (TPSA) is 51.2 Å². The van der Waals surface area contributed by atoms with Crippen molar-refractivity contribution in [3.63, 3.8) is 0 Å². The molecule has 1 aromatic carbocycles. The maximum absolute atomic E-state index is 11.6. The van der Waals surface area contributed by atoms with Gasteiger partial charge in [-0.05, 0) is 36.2 Å². The minimum absolute atomic E-state index is 0.0420. The van der Waals surface area contributed by atoms with Gasteiger partial charge in [0, 0.05) is 18.9 Å². The first-order chi connectivity index (χ1) is 9.34. The van der Waals surface area contributed by atoms with E-state index in [1.807, 2.05) is 42.5 Å². The molecule has 2 rings (SSSR count). The third kappa shape index (κ3) is 4.79. The van der Waals surface area contributed by atoms with E-state index in [0.29, 0.717) is 12.3 Å². The Bertz CT molecular complexity index is 500. The summed E-state index contributed by atoms with van der Waals surface area (Å²) < 4.78 is 5.35. The lowest BCUT2D eigenvalue weighted by atomic mass is 10.2. The number of hydrogen-bond acceptors (Lipinski definition) is 3. The lowest BCUT2D eigenvalue weighted by Crippen LogP contribution is -2.30. The summed E-state index contributed by atoms with van der Waals surface area (Å²) in [5.74, 6) is 0.588. The van der Waals surface area contributed by atoms with Gasteiger partial charge in [-0.2, -0.15) is 0 Å². The van der Waals surface area contributed by atoms with Crippen molar-refractivity contribution in [3.05, 3.63) is 60.4 Å². The molecule has 1 amide bonds. The number of benzene rings is 1. The van der Waals surface area contributed by atoms with Crippen LogP contribution in [0.4, 0.5) is 0 Å². The van der Waals surface area contributed by atoms with Crippen LogP contribution in [0.25, 0.3) is 0 Å². The van der Waals surface area contributed by atoms with E-state index in [1.165, 1.54) is 0 Å². The van der Waals surface area contributed by atoms with Crippen LogP contribution in [0.15, 0.2) is 54.9 Å². The van der Waals surface area contributed by atoms with Crippen LogP contribution in [-0.2, 0) is 11.2 Å². The van der Waals surface area contributed by atoms with Gasteiger partial charge in [-0.1, -0.05) is 18.2 Å². The molecule has 0 saturated heterocycles. The zero-order chi connectivity index (χ0) is 13.3. The Morgan fingerprint density at radius 3 is 2.58 bits per heavy atom. The largest absolute Gasteiger partial charge is 0.484 e. The standard InChI is InChI=1S/C15H16N2O2/c18-15(12-19-14-4-2-1-3-5-14)17-11-8-13-6-9-16-10-7-13/h1-7,9-10H,8,11-12H2,(H,17,18). The molecule has 0 saturated carbocycles. The lowest BCUT2D eigenvalue weighted by molar-refractivity contribution is -0.123. The molecule has 4 heteroatoms. The second-order valence-corrected chi connectivity index (χ2v) is 4.06. The van der Waals surface area contributed by atoms with Crippen LogP contribution in [0, 0.1) is 0 Å². The fourth-order valence-corrected chi connectivity index (χ4v) is 1.61. The molecule has 0 bridgehead atoms. The normalized spacial score (nSPS) is 9.89. The van der Waals surface area contributed by atoms with Crippen molar-refractivity contribution < 1.29 is 9.53 Å². The van der Waals surface area contributed by atoms with E-state index in [1.54, 1.807) is 12.4 Å². The molecule has 0 spiro atoms. The van der Waals surface area contributed by atoms with E-state index in [4.69, 9.17) is 4.74 Å². The van der Waals surface area contributed by atoms with Crippen LogP contribution in [0.1, 0.15) is 5.56 Å². The van der Waals surface area contributed by atoms with Crippen LogP contribution >= 0.6 is 0 Å². The van der Waals surface area contributed by atoms with Crippen LogP contribution in [0.3, 0.4) is 0 Å². The summed E-state index contributed by atoms with van der Waals surface area (Å²) >= 11 is 0. The molecule has 1 aromatic heterocycles. The van der Waals surface area contributed by atoms with Gasteiger partial charge >= 0.3 is 0 Å². The highest BCUT2D eigenvalue weighted by molar-refractivity contribution is 5.77. The second kappa shape index (κ2) is 7.16. The maximum Gasteiger partial charge on any atom is 0.257 e. The fourth-order valence-electron chi connectivity index (χ4n) is 1.61.